The first kappa shape index (κ1) is 11.7. The summed E-state index contributed by atoms with van der Waals surface area (Å²) in [5.74, 6) is -0.426. The number of allylic oxidation sites excluding steroid dienone is 1. The number of hydrogen-bond acceptors (Lipinski definition) is 2. The Bertz CT molecular complexity index is 341. The SMILES string of the molecule is C/C=C/[C@H](O)[C@H](C)C(=O)c1ccccc1. The fourth-order valence-corrected chi connectivity index (χ4v) is 1.38. The van der Waals surface area contributed by atoms with Crippen LogP contribution in [0.15, 0.2) is 42.5 Å². The summed E-state index contributed by atoms with van der Waals surface area (Å²) >= 11 is 0. The van der Waals surface area contributed by atoms with E-state index in [0.29, 0.717) is 5.56 Å². The Kier molecular flexibility index (Phi) is 4.25. The summed E-state index contributed by atoms with van der Waals surface area (Å²) in [4.78, 5) is 11.9. The molecule has 2 atom stereocenters. The summed E-state index contributed by atoms with van der Waals surface area (Å²) in [6, 6.07) is 9.04. The number of carbonyl (C=O) groups excluding carboxylic acids is 1. The van der Waals surface area contributed by atoms with Gasteiger partial charge < -0.3 is 5.11 Å². The van der Waals surface area contributed by atoms with Crippen molar-refractivity contribution >= 4 is 5.78 Å². The van der Waals surface area contributed by atoms with E-state index in [2.05, 4.69) is 0 Å². The van der Waals surface area contributed by atoms with Gasteiger partial charge in [-0.2, -0.15) is 0 Å². The molecule has 0 heterocycles. The predicted octanol–water partition coefficient (Wildman–Crippen LogP) is 2.44. The van der Waals surface area contributed by atoms with Crippen LogP contribution in [0, 0.1) is 5.92 Å². The Morgan fingerprint density at radius 2 is 1.93 bits per heavy atom. The highest BCUT2D eigenvalue weighted by Gasteiger charge is 2.20. The van der Waals surface area contributed by atoms with Gasteiger partial charge in [0.15, 0.2) is 5.78 Å². The smallest absolute Gasteiger partial charge is 0.168 e. The van der Waals surface area contributed by atoms with Crippen molar-refractivity contribution in [3.8, 4) is 0 Å². The van der Waals surface area contributed by atoms with Gasteiger partial charge in [0.05, 0.1) is 6.10 Å². The van der Waals surface area contributed by atoms with Gasteiger partial charge in [-0.3, -0.25) is 4.79 Å². The second-order valence-electron chi connectivity index (χ2n) is 3.54. The quantitative estimate of drug-likeness (QED) is 0.604. The molecule has 1 aromatic carbocycles. The van der Waals surface area contributed by atoms with Crippen LogP contribution >= 0.6 is 0 Å². The molecule has 0 spiro atoms. The summed E-state index contributed by atoms with van der Waals surface area (Å²) < 4.78 is 0. The third-order valence-corrected chi connectivity index (χ3v) is 2.37. The molecular formula is C13H16O2. The van der Waals surface area contributed by atoms with Crippen molar-refractivity contribution in [3.63, 3.8) is 0 Å². The summed E-state index contributed by atoms with van der Waals surface area (Å²) in [7, 11) is 0. The van der Waals surface area contributed by atoms with Gasteiger partial charge in [0.2, 0.25) is 0 Å². The van der Waals surface area contributed by atoms with E-state index in [-0.39, 0.29) is 5.78 Å². The van der Waals surface area contributed by atoms with E-state index in [1.807, 2.05) is 25.1 Å². The Hall–Kier alpha value is -1.41. The minimum absolute atomic E-state index is 0.0267. The molecule has 0 saturated heterocycles. The lowest BCUT2D eigenvalue weighted by atomic mass is 9.94. The lowest BCUT2D eigenvalue weighted by Crippen LogP contribution is -2.23. The van der Waals surface area contributed by atoms with Gasteiger partial charge in [-0.15, -0.1) is 0 Å². The molecule has 0 aromatic heterocycles. The number of carbonyl (C=O) groups is 1. The second-order valence-corrected chi connectivity index (χ2v) is 3.54. The van der Waals surface area contributed by atoms with E-state index in [0.717, 1.165) is 0 Å². The van der Waals surface area contributed by atoms with E-state index < -0.39 is 12.0 Å². The van der Waals surface area contributed by atoms with Crippen molar-refractivity contribution in [1.82, 2.24) is 0 Å². The highest BCUT2D eigenvalue weighted by molar-refractivity contribution is 5.98. The molecular weight excluding hydrogens is 188 g/mol. The zero-order valence-corrected chi connectivity index (χ0v) is 9.05. The van der Waals surface area contributed by atoms with Gasteiger partial charge in [0.1, 0.15) is 0 Å². The second kappa shape index (κ2) is 5.47. The van der Waals surface area contributed by atoms with E-state index >= 15 is 0 Å². The third kappa shape index (κ3) is 3.03. The summed E-state index contributed by atoms with van der Waals surface area (Å²) in [5, 5.41) is 9.64. The van der Waals surface area contributed by atoms with Gasteiger partial charge in [-0.05, 0) is 6.92 Å². The normalized spacial score (nSPS) is 15.1. The highest BCUT2D eigenvalue weighted by atomic mass is 16.3. The minimum Gasteiger partial charge on any atom is -0.388 e. The van der Waals surface area contributed by atoms with Crippen molar-refractivity contribution in [2.24, 2.45) is 5.92 Å². The number of rotatable bonds is 4. The Balaban J connectivity index is 2.77. The van der Waals surface area contributed by atoms with Crippen LogP contribution in [0.5, 0.6) is 0 Å². The monoisotopic (exact) mass is 204 g/mol. The average molecular weight is 204 g/mol. The summed E-state index contributed by atoms with van der Waals surface area (Å²) in [6.45, 7) is 3.56. The molecule has 0 radical (unpaired) electrons. The molecule has 0 amide bonds. The molecule has 15 heavy (non-hydrogen) atoms. The standard InChI is InChI=1S/C13H16O2/c1-3-7-12(14)10(2)13(15)11-8-5-4-6-9-11/h3-10,12,14H,1-2H3/b7-3+/t10-,12-/m0/s1. The van der Waals surface area contributed by atoms with E-state index in [9.17, 15) is 9.90 Å². The zero-order valence-electron chi connectivity index (χ0n) is 9.05. The molecule has 0 aliphatic rings. The molecule has 0 saturated carbocycles. The Labute approximate surface area is 90.3 Å². The van der Waals surface area contributed by atoms with Gasteiger partial charge in [-0.1, -0.05) is 49.4 Å². The van der Waals surface area contributed by atoms with Crippen LogP contribution in [0.25, 0.3) is 0 Å². The maximum Gasteiger partial charge on any atom is 0.168 e. The number of benzene rings is 1. The Morgan fingerprint density at radius 3 is 2.47 bits per heavy atom. The summed E-state index contributed by atoms with van der Waals surface area (Å²) in [6.07, 6.45) is 2.67. The van der Waals surface area contributed by atoms with Crippen LogP contribution in [-0.4, -0.2) is 17.0 Å². The molecule has 0 unspecified atom stereocenters. The Morgan fingerprint density at radius 1 is 1.33 bits per heavy atom. The number of ketones is 1. The topological polar surface area (TPSA) is 37.3 Å². The van der Waals surface area contributed by atoms with Crippen LogP contribution in [-0.2, 0) is 0 Å². The molecule has 0 aliphatic carbocycles. The average Bonchev–Trinajstić information content (AvgIpc) is 2.28. The first-order chi connectivity index (χ1) is 7.16. The number of aliphatic hydroxyl groups excluding tert-OH is 1. The van der Waals surface area contributed by atoms with Crippen molar-refractivity contribution in [1.29, 1.82) is 0 Å². The maximum atomic E-state index is 11.9. The van der Waals surface area contributed by atoms with Crippen molar-refractivity contribution in [2.45, 2.75) is 20.0 Å². The van der Waals surface area contributed by atoms with E-state index in [4.69, 9.17) is 0 Å². The first-order valence-corrected chi connectivity index (χ1v) is 5.07. The maximum absolute atomic E-state index is 11.9. The zero-order chi connectivity index (χ0) is 11.3. The number of aliphatic hydroxyl groups is 1. The number of hydrogen-bond donors (Lipinski definition) is 1. The molecule has 1 rings (SSSR count). The van der Waals surface area contributed by atoms with Gasteiger partial charge >= 0.3 is 0 Å². The molecule has 0 bridgehead atoms. The molecule has 2 heteroatoms. The first-order valence-electron chi connectivity index (χ1n) is 5.07. The van der Waals surface area contributed by atoms with Crippen molar-refractivity contribution in [3.05, 3.63) is 48.0 Å². The summed E-state index contributed by atoms with van der Waals surface area (Å²) in [5.41, 5.74) is 0.647. The molecule has 2 nitrogen and oxygen atoms in total. The van der Waals surface area contributed by atoms with Gasteiger partial charge in [0.25, 0.3) is 0 Å². The largest absolute Gasteiger partial charge is 0.388 e. The van der Waals surface area contributed by atoms with Gasteiger partial charge in [-0.25, -0.2) is 0 Å². The molecule has 1 N–H and O–H groups in total. The van der Waals surface area contributed by atoms with Crippen molar-refractivity contribution < 1.29 is 9.90 Å². The molecule has 0 fully saturated rings. The van der Waals surface area contributed by atoms with E-state index in [1.165, 1.54) is 0 Å². The van der Waals surface area contributed by atoms with E-state index in [1.54, 1.807) is 31.2 Å². The number of Topliss-reactive ketones (excluding diaryl/α,β-unsaturated/α-hetero) is 1. The molecule has 0 aliphatic heterocycles. The van der Waals surface area contributed by atoms with Crippen LogP contribution in [0.4, 0.5) is 0 Å². The fraction of sp³-hybridized carbons (Fsp3) is 0.308. The highest BCUT2D eigenvalue weighted by Crippen LogP contribution is 2.13. The van der Waals surface area contributed by atoms with Crippen LogP contribution in [0.1, 0.15) is 24.2 Å². The molecule has 80 valence electrons. The van der Waals surface area contributed by atoms with Crippen molar-refractivity contribution in [2.75, 3.05) is 0 Å². The van der Waals surface area contributed by atoms with Gasteiger partial charge in [0, 0.05) is 11.5 Å². The lowest BCUT2D eigenvalue weighted by molar-refractivity contribution is 0.0805. The van der Waals surface area contributed by atoms with Crippen LogP contribution < -0.4 is 0 Å². The third-order valence-electron chi connectivity index (χ3n) is 2.37. The molecule has 1 aromatic rings. The van der Waals surface area contributed by atoms with Crippen LogP contribution in [0.2, 0.25) is 0 Å². The predicted molar refractivity (Wildman–Crippen MR) is 60.8 cm³/mol. The lowest BCUT2D eigenvalue weighted by Gasteiger charge is -2.14. The minimum atomic E-state index is -0.706. The fourth-order valence-electron chi connectivity index (χ4n) is 1.38. The van der Waals surface area contributed by atoms with Crippen LogP contribution in [0.3, 0.4) is 0 Å².